The molecule has 0 radical (unpaired) electrons. The smallest absolute Gasteiger partial charge is 0.0457 e. The van der Waals surface area contributed by atoms with Crippen LogP contribution in [-0.2, 0) is 6.54 Å². The average Bonchev–Trinajstić information content (AvgIpc) is 3.00. The van der Waals surface area contributed by atoms with Gasteiger partial charge in [-0.05, 0) is 30.7 Å². The van der Waals surface area contributed by atoms with Gasteiger partial charge in [-0.25, -0.2) is 0 Å². The topological polar surface area (TPSA) is 22.3 Å². The molecule has 1 fully saturated rings. The average molecular weight is 305 g/mol. The fraction of sp³-hybridized carbons (Fsp3) is 0.300. The minimum Gasteiger partial charge on any atom is -0.369 e. The zero-order valence-corrected chi connectivity index (χ0v) is 13.6. The largest absolute Gasteiger partial charge is 0.369 e. The summed E-state index contributed by atoms with van der Waals surface area (Å²) in [5, 5.41) is 1.36. The van der Waals surface area contributed by atoms with Gasteiger partial charge in [0.25, 0.3) is 0 Å². The number of hydrogen-bond donors (Lipinski definition) is 1. The molecule has 1 aliphatic rings. The molecule has 23 heavy (non-hydrogen) atoms. The van der Waals surface area contributed by atoms with Crippen molar-refractivity contribution in [3.05, 3.63) is 65.9 Å². The summed E-state index contributed by atoms with van der Waals surface area (Å²) < 4.78 is 0. The minimum atomic E-state index is 1.03. The van der Waals surface area contributed by atoms with Crippen LogP contribution in [-0.4, -0.2) is 36.1 Å². The van der Waals surface area contributed by atoms with Gasteiger partial charge in [-0.3, -0.25) is 4.90 Å². The number of nitrogens with zero attached hydrogens (tertiary/aromatic N) is 2. The minimum absolute atomic E-state index is 1.03. The molecule has 0 amide bonds. The van der Waals surface area contributed by atoms with Crippen LogP contribution >= 0.6 is 0 Å². The third-order valence-electron chi connectivity index (χ3n) is 4.84. The van der Waals surface area contributed by atoms with Gasteiger partial charge in [0, 0.05) is 55.5 Å². The fourth-order valence-electron chi connectivity index (χ4n) is 3.42. The molecule has 4 rings (SSSR count). The second-order valence-corrected chi connectivity index (χ2v) is 6.46. The Balaban J connectivity index is 1.41. The third kappa shape index (κ3) is 2.97. The number of rotatable bonds is 3. The molecule has 3 nitrogen and oxygen atoms in total. The summed E-state index contributed by atoms with van der Waals surface area (Å²) in [5.74, 6) is 0. The maximum absolute atomic E-state index is 3.38. The van der Waals surface area contributed by atoms with Crippen LogP contribution in [0.25, 0.3) is 10.9 Å². The SMILES string of the molecule is Cc1ccc(N2CCN(Cc3c[nH]c4ccccc34)CC2)cc1. The van der Waals surface area contributed by atoms with Gasteiger partial charge in [-0.2, -0.15) is 0 Å². The molecule has 1 aliphatic heterocycles. The van der Waals surface area contributed by atoms with E-state index in [2.05, 4.69) is 76.4 Å². The zero-order chi connectivity index (χ0) is 15.6. The van der Waals surface area contributed by atoms with Crippen LogP contribution in [0, 0.1) is 6.92 Å². The first kappa shape index (κ1) is 14.3. The highest BCUT2D eigenvalue weighted by atomic mass is 15.3. The van der Waals surface area contributed by atoms with Crippen molar-refractivity contribution in [1.82, 2.24) is 9.88 Å². The highest BCUT2D eigenvalue weighted by molar-refractivity contribution is 5.82. The van der Waals surface area contributed by atoms with E-state index in [-0.39, 0.29) is 0 Å². The number of hydrogen-bond acceptors (Lipinski definition) is 2. The zero-order valence-electron chi connectivity index (χ0n) is 13.6. The van der Waals surface area contributed by atoms with Gasteiger partial charge in [0.15, 0.2) is 0 Å². The summed E-state index contributed by atoms with van der Waals surface area (Å²) in [7, 11) is 0. The number of nitrogens with one attached hydrogen (secondary N) is 1. The number of aryl methyl sites for hydroxylation is 1. The van der Waals surface area contributed by atoms with E-state index >= 15 is 0 Å². The maximum Gasteiger partial charge on any atom is 0.0457 e. The quantitative estimate of drug-likeness (QED) is 0.795. The molecule has 1 N–H and O–H groups in total. The van der Waals surface area contributed by atoms with Gasteiger partial charge in [0.05, 0.1) is 0 Å². The van der Waals surface area contributed by atoms with Gasteiger partial charge < -0.3 is 9.88 Å². The number of H-pyrrole nitrogens is 1. The van der Waals surface area contributed by atoms with Crippen LogP contribution in [0.1, 0.15) is 11.1 Å². The van der Waals surface area contributed by atoms with E-state index in [0.29, 0.717) is 0 Å². The Morgan fingerprint density at radius 3 is 2.43 bits per heavy atom. The molecular formula is C20H23N3. The lowest BCUT2D eigenvalue weighted by Gasteiger charge is -2.36. The predicted molar refractivity (Wildman–Crippen MR) is 97.0 cm³/mol. The van der Waals surface area contributed by atoms with Crippen molar-refractivity contribution >= 4 is 16.6 Å². The van der Waals surface area contributed by atoms with Crippen molar-refractivity contribution in [3.8, 4) is 0 Å². The Morgan fingerprint density at radius 1 is 0.913 bits per heavy atom. The van der Waals surface area contributed by atoms with Crippen LogP contribution in [0.4, 0.5) is 5.69 Å². The van der Waals surface area contributed by atoms with Crippen molar-refractivity contribution in [1.29, 1.82) is 0 Å². The highest BCUT2D eigenvalue weighted by Crippen LogP contribution is 2.21. The van der Waals surface area contributed by atoms with Crippen LogP contribution in [0.5, 0.6) is 0 Å². The molecule has 1 saturated heterocycles. The summed E-state index contributed by atoms with van der Waals surface area (Å²) in [6.45, 7) is 7.62. The van der Waals surface area contributed by atoms with E-state index in [1.165, 1.54) is 27.7 Å². The van der Waals surface area contributed by atoms with E-state index in [4.69, 9.17) is 0 Å². The van der Waals surface area contributed by atoms with Gasteiger partial charge in [0.1, 0.15) is 0 Å². The molecule has 3 aromatic rings. The number of para-hydroxylation sites is 1. The van der Waals surface area contributed by atoms with E-state index < -0.39 is 0 Å². The highest BCUT2D eigenvalue weighted by Gasteiger charge is 2.18. The Labute approximate surface area is 137 Å². The lowest BCUT2D eigenvalue weighted by molar-refractivity contribution is 0.250. The summed E-state index contributed by atoms with van der Waals surface area (Å²) in [6.07, 6.45) is 2.16. The van der Waals surface area contributed by atoms with Crippen molar-refractivity contribution in [2.24, 2.45) is 0 Å². The van der Waals surface area contributed by atoms with Crippen molar-refractivity contribution in [3.63, 3.8) is 0 Å². The number of benzene rings is 2. The van der Waals surface area contributed by atoms with Crippen LogP contribution in [0.3, 0.4) is 0 Å². The van der Waals surface area contributed by atoms with Crippen LogP contribution in [0.15, 0.2) is 54.7 Å². The second-order valence-electron chi connectivity index (χ2n) is 6.46. The van der Waals surface area contributed by atoms with Crippen molar-refractivity contribution in [2.75, 3.05) is 31.1 Å². The Kier molecular flexibility index (Phi) is 3.80. The normalized spacial score (nSPS) is 16.1. The molecule has 2 heterocycles. The molecule has 0 bridgehead atoms. The first-order valence-electron chi connectivity index (χ1n) is 8.38. The van der Waals surface area contributed by atoms with Crippen LogP contribution in [0.2, 0.25) is 0 Å². The first-order chi connectivity index (χ1) is 11.3. The summed E-state index contributed by atoms with van der Waals surface area (Å²) >= 11 is 0. The van der Waals surface area contributed by atoms with Gasteiger partial charge >= 0.3 is 0 Å². The molecule has 0 atom stereocenters. The van der Waals surface area contributed by atoms with Crippen LogP contribution < -0.4 is 4.90 Å². The molecule has 0 spiro atoms. The summed E-state index contributed by atoms with van der Waals surface area (Å²) in [4.78, 5) is 8.43. The Bertz CT molecular complexity index is 780. The number of piperazine rings is 1. The van der Waals surface area contributed by atoms with Gasteiger partial charge in [-0.1, -0.05) is 35.9 Å². The molecule has 0 saturated carbocycles. The maximum atomic E-state index is 3.38. The Hall–Kier alpha value is -2.26. The second kappa shape index (κ2) is 6.09. The molecule has 3 heteroatoms. The standard InChI is InChI=1S/C20H23N3/c1-16-6-8-18(9-7-16)23-12-10-22(11-13-23)15-17-14-21-20-5-3-2-4-19(17)20/h2-9,14,21H,10-13,15H2,1H3. The number of fused-ring (bicyclic) bond motifs is 1. The Morgan fingerprint density at radius 2 is 1.65 bits per heavy atom. The van der Waals surface area contributed by atoms with E-state index in [9.17, 15) is 0 Å². The van der Waals surface area contributed by atoms with Gasteiger partial charge in [-0.15, -0.1) is 0 Å². The first-order valence-corrected chi connectivity index (χ1v) is 8.38. The van der Waals surface area contributed by atoms with E-state index in [1.54, 1.807) is 0 Å². The molecule has 1 aromatic heterocycles. The molecule has 2 aromatic carbocycles. The summed E-state index contributed by atoms with van der Waals surface area (Å²) in [6, 6.07) is 17.5. The third-order valence-corrected chi connectivity index (χ3v) is 4.84. The number of aromatic amines is 1. The van der Waals surface area contributed by atoms with E-state index in [0.717, 1.165) is 32.7 Å². The molecule has 0 aliphatic carbocycles. The molecule has 0 unspecified atom stereocenters. The van der Waals surface area contributed by atoms with Gasteiger partial charge in [0.2, 0.25) is 0 Å². The van der Waals surface area contributed by atoms with Crippen molar-refractivity contribution < 1.29 is 0 Å². The lowest BCUT2D eigenvalue weighted by atomic mass is 10.1. The monoisotopic (exact) mass is 305 g/mol. The lowest BCUT2D eigenvalue weighted by Crippen LogP contribution is -2.45. The fourth-order valence-corrected chi connectivity index (χ4v) is 3.42. The molecule has 118 valence electrons. The number of anilines is 1. The van der Waals surface area contributed by atoms with Crippen molar-refractivity contribution in [2.45, 2.75) is 13.5 Å². The predicted octanol–water partition coefficient (Wildman–Crippen LogP) is 3.80. The number of aromatic nitrogens is 1. The van der Waals surface area contributed by atoms with E-state index in [1.807, 2.05) is 0 Å². The molecular weight excluding hydrogens is 282 g/mol. The summed E-state index contributed by atoms with van der Waals surface area (Å²) in [5.41, 5.74) is 5.32.